The van der Waals surface area contributed by atoms with E-state index >= 15 is 0 Å². The first-order valence-corrected chi connectivity index (χ1v) is 10.7. The molecule has 2 saturated heterocycles. The predicted molar refractivity (Wildman–Crippen MR) is 118 cm³/mol. The summed E-state index contributed by atoms with van der Waals surface area (Å²) in [5.74, 6) is -1.11. The van der Waals surface area contributed by atoms with Crippen LogP contribution in [0.25, 0.3) is 11.1 Å². The van der Waals surface area contributed by atoms with Crippen molar-refractivity contribution in [3.05, 3.63) is 95.8 Å². The van der Waals surface area contributed by atoms with Gasteiger partial charge >= 0.3 is 0 Å². The van der Waals surface area contributed by atoms with E-state index in [0.29, 0.717) is 6.54 Å². The molecule has 32 heavy (non-hydrogen) atoms. The lowest BCUT2D eigenvalue weighted by molar-refractivity contribution is -0.159. The third-order valence-electron chi connectivity index (χ3n) is 6.51. The average molecular weight is 430 g/mol. The molecule has 0 spiro atoms. The summed E-state index contributed by atoms with van der Waals surface area (Å²) in [6, 6.07) is 23.2. The number of hydrogen-bond donors (Lipinski definition) is 1. The molecule has 1 N–H and O–H groups in total. The van der Waals surface area contributed by atoms with E-state index in [0.717, 1.165) is 16.7 Å². The van der Waals surface area contributed by atoms with E-state index in [1.54, 1.807) is 11.0 Å². The van der Waals surface area contributed by atoms with Crippen LogP contribution < -0.4 is 0 Å². The summed E-state index contributed by atoms with van der Waals surface area (Å²) >= 11 is 0. The summed E-state index contributed by atoms with van der Waals surface area (Å²) in [4.78, 5) is 28.9. The lowest BCUT2D eigenvalue weighted by Gasteiger charge is -2.58. The average Bonchev–Trinajstić information content (AvgIpc) is 2.81. The van der Waals surface area contributed by atoms with E-state index in [4.69, 9.17) is 0 Å². The topological polar surface area (TPSA) is 60.9 Å². The van der Waals surface area contributed by atoms with Crippen LogP contribution in [-0.2, 0) is 4.79 Å². The second kappa shape index (κ2) is 8.20. The number of halogens is 1. The van der Waals surface area contributed by atoms with Gasteiger partial charge in [-0.3, -0.25) is 9.59 Å². The molecule has 162 valence electrons. The minimum absolute atomic E-state index is 0.0674. The van der Waals surface area contributed by atoms with Gasteiger partial charge in [0.05, 0.1) is 18.7 Å². The van der Waals surface area contributed by atoms with Crippen LogP contribution in [0.5, 0.6) is 0 Å². The highest BCUT2D eigenvalue weighted by Gasteiger charge is 2.54. The van der Waals surface area contributed by atoms with Crippen molar-refractivity contribution in [2.75, 3.05) is 19.7 Å². The summed E-state index contributed by atoms with van der Waals surface area (Å²) in [6.45, 7) is 0.149. The number of aliphatic hydroxyl groups is 1. The molecule has 2 fully saturated rings. The number of amides is 2. The van der Waals surface area contributed by atoms with Gasteiger partial charge in [-0.05, 0) is 34.9 Å². The molecule has 0 radical (unpaired) electrons. The van der Waals surface area contributed by atoms with E-state index in [-0.39, 0.29) is 48.5 Å². The Morgan fingerprint density at radius 2 is 1.69 bits per heavy atom. The number of hydrogen-bond acceptors (Lipinski definition) is 3. The molecule has 5 rings (SSSR count). The van der Waals surface area contributed by atoms with Gasteiger partial charge in [0.2, 0.25) is 5.91 Å². The number of fused-ring (bicyclic) bond motifs is 1. The number of nitrogens with zero attached hydrogens (tertiary/aromatic N) is 2. The number of rotatable bonds is 4. The molecule has 3 aromatic rings. The van der Waals surface area contributed by atoms with Crippen LogP contribution in [0.4, 0.5) is 4.39 Å². The van der Waals surface area contributed by atoms with Crippen LogP contribution in [0.15, 0.2) is 78.9 Å². The summed E-state index contributed by atoms with van der Waals surface area (Å²) < 4.78 is 13.6. The Morgan fingerprint density at radius 1 is 0.969 bits per heavy atom. The Hall–Kier alpha value is -3.51. The summed E-state index contributed by atoms with van der Waals surface area (Å²) in [5, 5.41) is 9.97. The lowest BCUT2D eigenvalue weighted by Crippen LogP contribution is -2.73. The highest BCUT2D eigenvalue weighted by atomic mass is 19.1. The highest BCUT2D eigenvalue weighted by molar-refractivity contribution is 5.97. The van der Waals surface area contributed by atoms with Gasteiger partial charge in [0.25, 0.3) is 5.91 Å². The van der Waals surface area contributed by atoms with Crippen molar-refractivity contribution in [2.24, 2.45) is 0 Å². The molecule has 3 atom stereocenters. The maximum Gasteiger partial charge on any atom is 0.254 e. The van der Waals surface area contributed by atoms with Crippen molar-refractivity contribution in [3.8, 4) is 11.1 Å². The van der Waals surface area contributed by atoms with Gasteiger partial charge < -0.3 is 14.9 Å². The van der Waals surface area contributed by atoms with Crippen LogP contribution >= 0.6 is 0 Å². The number of carbonyl (C=O) groups excluding carboxylic acids is 2. The summed E-state index contributed by atoms with van der Waals surface area (Å²) in [5.41, 5.74) is 3.47. The van der Waals surface area contributed by atoms with Crippen LogP contribution in [-0.4, -0.2) is 58.5 Å². The first kappa shape index (κ1) is 20.4. The zero-order valence-corrected chi connectivity index (χ0v) is 17.4. The van der Waals surface area contributed by atoms with E-state index in [9.17, 15) is 19.1 Å². The Kier molecular flexibility index (Phi) is 5.23. The largest absolute Gasteiger partial charge is 0.394 e. The first-order chi connectivity index (χ1) is 15.6. The molecule has 6 heteroatoms. The van der Waals surface area contributed by atoms with Gasteiger partial charge in [0.15, 0.2) is 0 Å². The lowest BCUT2D eigenvalue weighted by atomic mass is 9.73. The maximum absolute atomic E-state index is 13.6. The van der Waals surface area contributed by atoms with Crippen LogP contribution in [0.3, 0.4) is 0 Å². The van der Waals surface area contributed by atoms with Crippen molar-refractivity contribution in [3.63, 3.8) is 0 Å². The quantitative estimate of drug-likeness (QED) is 0.691. The van der Waals surface area contributed by atoms with E-state index in [2.05, 4.69) is 0 Å². The highest BCUT2D eigenvalue weighted by Crippen LogP contribution is 2.43. The van der Waals surface area contributed by atoms with Crippen molar-refractivity contribution in [1.29, 1.82) is 0 Å². The van der Waals surface area contributed by atoms with E-state index in [1.165, 1.54) is 23.1 Å². The van der Waals surface area contributed by atoms with Crippen LogP contribution in [0, 0.1) is 5.82 Å². The number of aliphatic hydroxyl groups excluding tert-OH is 1. The molecule has 0 aliphatic carbocycles. The van der Waals surface area contributed by atoms with Crippen LogP contribution in [0.1, 0.15) is 21.8 Å². The SMILES string of the molecule is O=C(c1cccc(F)c1)N1CC(=O)N2[C@@H](CO)[C@H](c3ccc(-c4ccccc4)cc3)[C@@H]2C1. The molecule has 0 saturated carbocycles. The van der Waals surface area contributed by atoms with Crippen molar-refractivity contribution < 1.29 is 19.1 Å². The van der Waals surface area contributed by atoms with Crippen molar-refractivity contribution in [1.82, 2.24) is 9.80 Å². The van der Waals surface area contributed by atoms with Crippen molar-refractivity contribution in [2.45, 2.75) is 18.0 Å². The van der Waals surface area contributed by atoms with Gasteiger partial charge in [-0.15, -0.1) is 0 Å². The smallest absolute Gasteiger partial charge is 0.254 e. The second-order valence-electron chi connectivity index (χ2n) is 8.33. The minimum atomic E-state index is -0.485. The van der Waals surface area contributed by atoms with Crippen molar-refractivity contribution >= 4 is 11.8 Å². The third kappa shape index (κ3) is 3.46. The van der Waals surface area contributed by atoms with E-state index in [1.807, 2.05) is 54.6 Å². The zero-order chi connectivity index (χ0) is 22.2. The summed E-state index contributed by atoms with van der Waals surface area (Å²) in [6.07, 6.45) is 0. The molecule has 2 aliphatic rings. The maximum atomic E-state index is 13.6. The first-order valence-electron chi connectivity index (χ1n) is 10.7. The molecule has 2 heterocycles. The predicted octanol–water partition coefficient (Wildman–Crippen LogP) is 3.30. The molecular weight excluding hydrogens is 407 g/mol. The third-order valence-corrected chi connectivity index (χ3v) is 6.51. The minimum Gasteiger partial charge on any atom is -0.394 e. The second-order valence-corrected chi connectivity index (χ2v) is 8.33. The standard InChI is InChI=1S/C26H23FN2O3/c27-21-8-4-7-20(13-21)26(32)28-14-22-25(23(16-30)29(22)24(31)15-28)19-11-9-18(10-12-19)17-5-2-1-3-6-17/h1-13,22-23,25,30H,14-16H2/t22-,23-,25+/m0/s1. The van der Waals surface area contributed by atoms with Crippen LogP contribution in [0.2, 0.25) is 0 Å². The molecule has 0 aromatic heterocycles. The fraction of sp³-hybridized carbons (Fsp3) is 0.231. The van der Waals surface area contributed by atoms with Gasteiger partial charge in [-0.1, -0.05) is 60.7 Å². The fourth-order valence-electron chi connectivity index (χ4n) is 4.99. The number of piperazine rings is 1. The molecule has 5 nitrogen and oxygen atoms in total. The van der Waals surface area contributed by atoms with Gasteiger partial charge in [0, 0.05) is 18.0 Å². The molecule has 3 aromatic carbocycles. The monoisotopic (exact) mass is 430 g/mol. The molecule has 0 bridgehead atoms. The van der Waals surface area contributed by atoms with Gasteiger partial charge in [0.1, 0.15) is 12.4 Å². The molecule has 2 amide bonds. The van der Waals surface area contributed by atoms with Gasteiger partial charge in [-0.2, -0.15) is 0 Å². The molecule has 0 unspecified atom stereocenters. The number of carbonyl (C=O) groups is 2. The summed E-state index contributed by atoms with van der Waals surface area (Å²) in [7, 11) is 0. The molecular formula is C26H23FN2O3. The number of benzene rings is 3. The fourth-order valence-corrected chi connectivity index (χ4v) is 4.99. The molecule has 2 aliphatic heterocycles. The Bertz CT molecular complexity index is 1150. The normalized spacial score (nSPS) is 22.3. The Labute approximate surface area is 185 Å². The Morgan fingerprint density at radius 3 is 2.38 bits per heavy atom. The Balaban J connectivity index is 1.39. The zero-order valence-electron chi connectivity index (χ0n) is 17.4. The van der Waals surface area contributed by atoms with E-state index < -0.39 is 5.82 Å². The van der Waals surface area contributed by atoms with Gasteiger partial charge in [-0.25, -0.2) is 4.39 Å².